The molecule has 0 spiro atoms. The molecule has 1 N–H and O–H groups in total. The van der Waals surface area contributed by atoms with E-state index >= 15 is 0 Å². The molecule has 1 rings (SSSR count). The van der Waals surface area contributed by atoms with Gasteiger partial charge in [-0.05, 0) is 19.3 Å². The van der Waals surface area contributed by atoms with Crippen molar-refractivity contribution in [1.82, 2.24) is 9.88 Å². The molecule has 5 nitrogen and oxygen atoms in total. The lowest BCUT2D eigenvalue weighted by atomic mass is 10.1. The lowest BCUT2D eigenvalue weighted by Gasteiger charge is -2.24. The third-order valence-electron chi connectivity index (χ3n) is 2.64. The van der Waals surface area contributed by atoms with Gasteiger partial charge in [0.15, 0.2) is 5.13 Å². The van der Waals surface area contributed by atoms with Gasteiger partial charge in [-0.15, -0.1) is 22.9 Å². The summed E-state index contributed by atoms with van der Waals surface area (Å²) in [5.74, 6) is -0.0195. The van der Waals surface area contributed by atoms with E-state index in [0.29, 0.717) is 17.6 Å². The van der Waals surface area contributed by atoms with E-state index < -0.39 is 5.38 Å². The first kappa shape index (κ1) is 16.9. The Balaban J connectivity index is 2.58. The quantitative estimate of drug-likeness (QED) is 0.786. The van der Waals surface area contributed by atoms with E-state index in [1.807, 2.05) is 0 Å². The summed E-state index contributed by atoms with van der Waals surface area (Å²) in [6, 6.07) is 0. The van der Waals surface area contributed by atoms with Crippen LogP contribution in [0, 0.1) is 5.92 Å². The van der Waals surface area contributed by atoms with E-state index in [4.69, 9.17) is 11.6 Å². The molecule has 112 valence electrons. The average molecular weight is 318 g/mol. The normalized spacial score (nSPS) is 12.2. The predicted molar refractivity (Wildman–Crippen MR) is 82.1 cm³/mol. The Bertz CT molecular complexity index is 435. The highest BCUT2D eigenvalue weighted by atomic mass is 35.5. The van der Waals surface area contributed by atoms with Gasteiger partial charge in [-0.1, -0.05) is 13.8 Å². The van der Waals surface area contributed by atoms with Crippen LogP contribution < -0.4 is 5.32 Å². The van der Waals surface area contributed by atoms with Gasteiger partial charge >= 0.3 is 0 Å². The molecule has 1 unspecified atom stereocenters. The van der Waals surface area contributed by atoms with Gasteiger partial charge in [0.1, 0.15) is 5.38 Å². The first-order chi connectivity index (χ1) is 9.40. The van der Waals surface area contributed by atoms with Crippen molar-refractivity contribution in [2.75, 3.05) is 18.4 Å². The van der Waals surface area contributed by atoms with E-state index in [1.165, 1.54) is 16.2 Å². The van der Waals surface area contributed by atoms with E-state index in [9.17, 15) is 9.59 Å². The monoisotopic (exact) mass is 317 g/mol. The van der Waals surface area contributed by atoms with Crippen molar-refractivity contribution < 1.29 is 9.59 Å². The Morgan fingerprint density at radius 3 is 2.65 bits per heavy atom. The first-order valence-corrected chi connectivity index (χ1v) is 7.84. The maximum Gasteiger partial charge on any atom is 0.245 e. The van der Waals surface area contributed by atoms with Crippen molar-refractivity contribution in [3.8, 4) is 0 Å². The van der Waals surface area contributed by atoms with Crippen molar-refractivity contribution in [3.63, 3.8) is 0 Å². The number of carbonyl (C=O) groups excluding carboxylic acids is 2. The van der Waals surface area contributed by atoms with E-state index in [-0.39, 0.29) is 18.4 Å². The molecule has 0 aromatic carbocycles. The van der Waals surface area contributed by atoms with Gasteiger partial charge in [0.25, 0.3) is 0 Å². The van der Waals surface area contributed by atoms with Crippen LogP contribution in [-0.4, -0.2) is 40.2 Å². The Morgan fingerprint density at radius 1 is 1.45 bits per heavy atom. The zero-order valence-corrected chi connectivity index (χ0v) is 13.5. The summed E-state index contributed by atoms with van der Waals surface area (Å²) in [4.78, 5) is 29.4. The summed E-state index contributed by atoms with van der Waals surface area (Å²) < 4.78 is 0. The van der Waals surface area contributed by atoms with E-state index in [0.717, 1.165) is 6.42 Å². The summed E-state index contributed by atoms with van der Waals surface area (Å²) in [6.45, 7) is 6.29. The largest absolute Gasteiger partial charge is 0.332 e. The molecule has 1 heterocycles. The van der Waals surface area contributed by atoms with Crippen molar-refractivity contribution >= 4 is 39.9 Å². The summed E-state index contributed by atoms with van der Waals surface area (Å²) in [5.41, 5.74) is 0. The van der Waals surface area contributed by atoms with Gasteiger partial charge < -0.3 is 10.2 Å². The third-order valence-corrected chi connectivity index (χ3v) is 3.52. The van der Waals surface area contributed by atoms with Crippen LogP contribution in [0.4, 0.5) is 5.13 Å². The molecule has 2 amide bonds. The minimum absolute atomic E-state index is 0.00218. The number of halogens is 1. The molecule has 0 saturated carbocycles. The van der Waals surface area contributed by atoms with E-state index in [1.54, 1.807) is 18.5 Å². The molecule has 1 atom stereocenters. The zero-order chi connectivity index (χ0) is 15.1. The third kappa shape index (κ3) is 5.88. The topological polar surface area (TPSA) is 62.3 Å². The first-order valence-electron chi connectivity index (χ1n) is 6.52. The molecule has 7 heteroatoms. The minimum atomic E-state index is -0.630. The number of thiazole rings is 1. The number of alkyl halides is 1. The van der Waals surface area contributed by atoms with Crippen molar-refractivity contribution in [1.29, 1.82) is 0 Å². The van der Waals surface area contributed by atoms with Crippen LogP contribution in [0.5, 0.6) is 0 Å². The number of rotatable bonds is 7. The van der Waals surface area contributed by atoms with Crippen LogP contribution in [-0.2, 0) is 9.59 Å². The number of hydrogen-bond donors (Lipinski definition) is 1. The van der Waals surface area contributed by atoms with Gasteiger partial charge in [-0.2, -0.15) is 0 Å². The van der Waals surface area contributed by atoms with Crippen LogP contribution in [0.15, 0.2) is 11.6 Å². The highest BCUT2D eigenvalue weighted by Gasteiger charge is 2.21. The smallest absolute Gasteiger partial charge is 0.245 e. The van der Waals surface area contributed by atoms with Crippen molar-refractivity contribution in [2.45, 2.75) is 32.6 Å². The minimum Gasteiger partial charge on any atom is -0.332 e. The second kappa shape index (κ2) is 8.21. The standard InChI is InChI=1S/C13H20ClN3O2S/c1-9(2)4-6-17(12(19)10(3)14)8-11(18)16-13-15-5-7-20-13/h5,7,9-10H,4,6,8H2,1-3H3,(H,15,16,18). The molecule has 20 heavy (non-hydrogen) atoms. The summed E-state index contributed by atoms with van der Waals surface area (Å²) in [7, 11) is 0. The maximum atomic E-state index is 12.0. The Kier molecular flexibility index (Phi) is 6.95. The van der Waals surface area contributed by atoms with Crippen LogP contribution >= 0.6 is 22.9 Å². The van der Waals surface area contributed by atoms with Crippen molar-refractivity contribution in [3.05, 3.63) is 11.6 Å². The molecule has 0 fully saturated rings. The maximum absolute atomic E-state index is 12.0. The highest BCUT2D eigenvalue weighted by molar-refractivity contribution is 7.13. The van der Waals surface area contributed by atoms with E-state index in [2.05, 4.69) is 24.1 Å². The fraction of sp³-hybridized carbons (Fsp3) is 0.615. The second-order valence-electron chi connectivity index (χ2n) is 4.94. The molecular weight excluding hydrogens is 298 g/mol. The number of nitrogens with zero attached hydrogens (tertiary/aromatic N) is 2. The molecule has 0 radical (unpaired) electrons. The number of carbonyl (C=O) groups is 2. The number of amides is 2. The average Bonchev–Trinajstić information content (AvgIpc) is 2.85. The van der Waals surface area contributed by atoms with Crippen LogP contribution in [0.2, 0.25) is 0 Å². The molecule has 0 bridgehead atoms. The molecule has 1 aromatic heterocycles. The summed E-state index contributed by atoms with van der Waals surface area (Å²) in [6.07, 6.45) is 2.45. The van der Waals surface area contributed by atoms with Gasteiger partial charge in [-0.3, -0.25) is 9.59 Å². The summed E-state index contributed by atoms with van der Waals surface area (Å²) >= 11 is 7.17. The lowest BCUT2D eigenvalue weighted by Crippen LogP contribution is -2.42. The molecule has 0 saturated heterocycles. The number of anilines is 1. The lowest BCUT2D eigenvalue weighted by molar-refractivity contribution is -0.134. The van der Waals surface area contributed by atoms with Gasteiger partial charge in [-0.25, -0.2) is 4.98 Å². The zero-order valence-electron chi connectivity index (χ0n) is 11.9. The second-order valence-corrected chi connectivity index (χ2v) is 6.49. The molecule has 1 aromatic rings. The summed E-state index contributed by atoms with van der Waals surface area (Å²) in [5, 5.41) is 4.34. The number of hydrogen-bond acceptors (Lipinski definition) is 4. The molecular formula is C13H20ClN3O2S. The predicted octanol–water partition coefficient (Wildman–Crippen LogP) is 2.58. The molecule has 0 aliphatic carbocycles. The van der Waals surface area contributed by atoms with Crippen LogP contribution in [0.25, 0.3) is 0 Å². The van der Waals surface area contributed by atoms with Crippen molar-refractivity contribution in [2.24, 2.45) is 5.92 Å². The molecule has 0 aliphatic rings. The highest BCUT2D eigenvalue weighted by Crippen LogP contribution is 2.11. The van der Waals surface area contributed by atoms with Gasteiger partial charge in [0.05, 0.1) is 6.54 Å². The Morgan fingerprint density at radius 2 is 2.15 bits per heavy atom. The SMILES string of the molecule is CC(C)CCN(CC(=O)Nc1nccs1)C(=O)C(C)Cl. The number of nitrogens with one attached hydrogen (secondary N) is 1. The van der Waals surface area contributed by atoms with Crippen LogP contribution in [0.1, 0.15) is 27.2 Å². The van der Waals surface area contributed by atoms with Crippen LogP contribution in [0.3, 0.4) is 0 Å². The Labute approximate surface area is 128 Å². The van der Waals surface area contributed by atoms with Gasteiger partial charge in [0.2, 0.25) is 11.8 Å². The number of aromatic nitrogens is 1. The fourth-order valence-electron chi connectivity index (χ4n) is 1.55. The Hall–Kier alpha value is -1.14. The molecule has 0 aliphatic heterocycles. The van der Waals surface area contributed by atoms with Gasteiger partial charge in [0, 0.05) is 18.1 Å². The fourth-order valence-corrected chi connectivity index (χ4v) is 2.23.